The number of rotatable bonds is 6. The molecule has 2 aromatic rings. The molecular weight excluding hydrogens is 296 g/mol. The van der Waals surface area contributed by atoms with Crippen LogP contribution in [0.4, 0.5) is 0 Å². The minimum atomic E-state index is -0.906. The number of aromatic nitrogens is 1. The molecule has 0 saturated heterocycles. The van der Waals surface area contributed by atoms with E-state index >= 15 is 0 Å². The van der Waals surface area contributed by atoms with Crippen LogP contribution < -0.4 is 0 Å². The molecule has 0 spiro atoms. The highest BCUT2D eigenvalue weighted by Crippen LogP contribution is 2.15. The SMILES string of the molecule is CN(CC(C)(C)O)C(=O)c1csc(CCc2ccccc2)n1. The van der Waals surface area contributed by atoms with Crippen LogP contribution in [-0.4, -0.2) is 40.1 Å². The Kier molecular flexibility index (Phi) is 5.32. The zero-order valence-electron chi connectivity index (χ0n) is 13.2. The smallest absolute Gasteiger partial charge is 0.273 e. The van der Waals surface area contributed by atoms with Crippen LogP contribution >= 0.6 is 11.3 Å². The van der Waals surface area contributed by atoms with E-state index in [0.29, 0.717) is 5.69 Å². The standard InChI is InChI=1S/C17H22N2O2S/c1-17(2,21)12-19(3)16(20)14-11-22-15(18-14)10-9-13-7-5-4-6-8-13/h4-8,11,21H,9-10,12H2,1-3H3. The summed E-state index contributed by atoms with van der Waals surface area (Å²) >= 11 is 1.51. The predicted octanol–water partition coefficient (Wildman–Crippen LogP) is 2.77. The van der Waals surface area contributed by atoms with E-state index in [1.165, 1.54) is 21.8 Å². The van der Waals surface area contributed by atoms with E-state index in [4.69, 9.17) is 0 Å². The van der Waals surface area contributed by atoms with Gasteiger partial charge in [-0.2, -0.15) is 0 Å². The number of nitrogens with zero attached hydrogens (tertiary/aromatic N) is 2. The molecular formula is C17H22N2O2S. The summed E-state index contributed by atoms with van der Waals surface area (Å²) in [5.74, 6) is -0.149. The summed E-state index contributed by atoms with van der Waals surface area (Å²) in [4.78, 5) is 18.2. The van der Waals surface area contributed by atoms with Crippen molar-refractivity contribution in [2.45, 2.75) is 32.3 Å². The van der Waals surface area contributed by atoms with Gasteiger partial charge < -0.3 is 10.0 Å². The first kappa shape index (κ1) is 16.6. The van der Waals surface area contributed by atoms with Gasteiger partial charge in [0.05, 0.1) is 10.6 Å². The molecule has 118 valence electrons. The highest BCUT2D eigenvalue weighted by molar-refractivity contribution is 7.09. The average Bonchev–Trinajstić information content (AvgIpc) is 2.92. The van der Waals surface area contributed by atoms with Crippen LogP contribution in [0.3, 0.4) is 0 Å². The summed E-state index contributed by atoms with van der Waals surface area (Å²) in [6.07, 6.45) is 1.75. The Labute approximate surface area is 135 Å². The quantitative estimate of drug-likeness (QED) is 0.891. The zero-order valence-corrected chi connectivity index (χ0v) is 14.1. The van der Waals surface area contributed by atoms with Gasteiger partial charge in [-0.25, -0.2) is 4.98 Å². The van der Waals surface area contributed by atoms with Crippen LogP contribution in [0, 0.1) is 0 Å². The van der Waals surface area contributed by atoms with Gasteiger partial charge in [0.15, 0.2) is 0 Å². The zero-order chi connectivity index (χ0) is 16.2. The number of amides is 1. The lowest BCUT2D eigenvalue weighted by molar-refractivity contribution is 0.0365. The topological polar surface area (TPSA) is 53.4 Å². The molecule has 0 aliphatic rings. The van der Waals surface area contributed by atoms with E-state index < -0.39 is 5.60 Å². The van der Waals surface area contributed by atoms with Gasteiger partial charge >= 0.3 is 0 Å². The first-order valence-corrected chi connectivity index (χ1v) is 8.19. The summed E-state index contributed by atoms with van der Waals surface area (Å²) in [5.41, 5.74) is 0.820. The van der Waals surface area contributed by atoms with Gasteiger partial charge in [-0.1, -0.05) is 30.3 Å². The fourth-order valence-corrected chi connectivity index (χ4v) is 3.04. The van der Waals surface area contributed by atoms with Crippen LogP contribution in [0.25, 0.3) is 0 Å². The second-order valence-electron chi connectivity index (χ2n) is 6.09. The van der Waals surface area contributed by atoms with Gasteiger partial charge in [0, 0.05) is 25.4 Å². The summed E-state index contributed by atoms with van der Waals surface area (Å²) in [5, 5.41) is 12.5. The molecule has 0 fully saturated rings. The third kappa shape index (κ3) is 4.93. The Hall–Kier alpha value is -1.72. The van der Waals surface area contributed by atoms with Crippen molar-refractivity contribution in [3.05, 3.63) is 52.0 Å². The van der Waals surface area contributed by atoms with E-state index in [9.17, 15) is 9.90 Å². The van der Waals surface area contributed by atoms with E-state index in [2.05, 4.69) is 17.1 Å². The Balaban J connectivity index is 1.94. The number of benzene rings is 1. The first-order chi connectivity index (χ1) is 10.3. The third-order valence-electron chi connectivity index (χ3n) is 3.21. The van der Waals surface area contributed by atoms with Gasteiger partial charge in [0.2, 0.25) is 0 Å². The van der Waals surface area contributed by atoms with Gasteiger partial charge in [-0.3, -0.25) is 4.79 Å². The molecule has 1 aromatic heterocycles. The molecule has 2 rings (SSSR count). The van der Waals surface area contributed by atoms with E-state index in [1.54, 1.807) is 26.3 Å². The molecule has 0 aliphatic heterocycles. The molecule has 22 heavy (non-hydrogen) atoms. The minimum Gasteiger partial charge on any atom is -0.389 e. The van der Waals surface area contributed by atoms with Gasteiger partial charge in [-0.15, -0.1) is 11.3 Å². The van der Waals surface area contributed by atoms with Crippen molar-refractivity contribution in [3.8, 4) is 0 Å². The van der Waals surface area contributed by atoms with Crippen molar-refractivity contribution in [2.24, 2.45) is 0 Å². The van der Waals surface area contributed by atoms with Crippen molar-refractivity contribution in [1.29, 1.82) is 0 Å². The van der Waals surface area contributed by atoms with E-state index in [0.717, 1.165) is 17.8 Å². The number of hydrogen-bond donors (Lipinski definition) is 1. The second-order valence-corrected chi connectivity index (χ2v) is 7.03. The maximum atomic E-state index is 12.3. The number of thiazole rings is 1. The summed E-state index contributed by atoms with van der Waals surface area (Å²) < 4.78 is 0. The lowest BCUT2D eigenvalue weighted by Crippen LogP contribution is -2.39. The third-order valence-corrected chi connectivity index (χ3v) is 4.12. The lowest BCUT2D eigenvalue weighted by atomic mass is 10.1. The number of carbonyl (C=O) groups excluding carboxylic acids is 1. The highest BCUT2D eigenvalue weighted by atomic mass is 32.1. The molecule has 0 bridgehead atoms. The fourth-order valence-electron chi connectivity index (χ4n) is 2.27. The van der Waals surface area contributed by atoms with Crippen molar-refractivity contribution >= 4 is 17.2 Å². The molecule has 0 radical (unpaired) electrons. The molecule has 0 unspecified atom stereocenters. The largest absolute Gasteiger partial charge is 0.389 e. The number of aliphatic hydroxyl groups is 1. The summed E-state index contributed by atoms with van der Waals surface area (Å²) in [6.45, 7) is 3.65. The molecule has 5 heteroatoms. The van der Waals surface area contributed by atoms with E-state index in [-0.39, 0.29) is 12.5 Å². The van der Waals surface area contributed by atoms with Crippen LogP contribution in [0.2, 0.25) is 0 Å². The Morgan fingerprint density at radius 2 is 1.95 bits per heavy atom. The number of hydrogen-bond acceptors (Lipinski definition) is 4. The minimum absolute atomic E-state index is 0.149. The van der Waals surface area contributed by atoms with Gasteiger partial charge in [0.1, 0.15) is 5.69 Å². The molecule has 0 saturated carbocycles. The maximum absolute atomic E-state index is 12.3. The van der Waals surface area contributed by atoms with Crippen LogP contribution in [0.5, 0.6) is 0 Å². The normalized spacial score (nSPS) is 11.5. The predicted molar refractivity (Wildman–Crippen MR) is 89.2 cm³/mol. The van der Waals surface area contributed by atoms with E-state index in [1.807, 2.05) is 18.2 Å². The second kappa shape index (κ2) is 7.03. The number of likely N-dealkylation sites (N-methyl/N-ethyl adjacent to an activating group) is 1. The maximum Gasteiger partial charge on any atom is 0.273 e. The lowest BCUT2D eigenvalue weighted by Gasteiger charge is -2.24. The Morgan fingerprint density at radius 1 is 1.27 bits per heavy atom. The Morgan fingerprint density at radius 3 is 2.59 bits per heavy atom. The van der Waals surface area contributed by atoms with Crippen molar-refractivity contribution in [1.82, 2.24) is 9.88 Å². The summed E-state index contributed by atoms with van der Waals surface area (Å²) in [6, 6.07) is 10.2. The number of aryl methyl sites for hydroxylation is 2. The Bertz CT molecular complexity index is 617. The van der Waals surface area contributed by atoms with Crippen LogP contribution in [-0.2, 0) is 12.8 Å². The van der Waals surface area contributed by atoms with Crippen LogP contribution in [0.1, 0.15) is 34.9 Å². The first-order valence-electron chi connectivity index (χ1n) is 7.31. The van der Waals surface area contributed by atoms with Crippen LogP contribution in [0.15, 0.2) is 35.7 Å². The highest BCUT2D eigenvalue weighted by Gasteiger charge is 2.22. The van der Waals surface area contributed by atoms with Crippen molar-refractivity contribution in [3.63, 3.8) is 0 Å². The molecule has 4 nitrogen and oxygen atoms in total. The monoisotopic (exact) mass is 318 g/mol. The molecule has 1 aromatic carbocycles. The van der Waals surface area contributed by atoms with Gasteiger partial charge in [-0.05, 0) is 25.8 Å². The summed E-state index contributed by atoms with van der Waals surface area (Å²) in [7, 11) is 1.68. The fraction of sp³-hybridized carbons (Fsp3) is 0.412. The molecule has 0 atom stereocenters. The molecule has 1 N–H and O–H groups in total. The molecule has 1 amide bonds. The molecule has 0 aliphatic carbocycles. The molecule has 1 heterocycles. The number of carbonyl (C=O) groups is 1. The van der Waals surface area contributed by atoms with Gasteiger partial charge in [0.25, 0.3) is 5.91 Å². The van der Waals surface area contributed by atoms with Crippen molar-refractivity contribution in [2.75, 3.05) is 13.6 Å². The average molecular weight is 318 g/mol. The van der Waals surface area contributed by atoms with Crippen molar-refractivity contribution < 1.29 is 9.90 Å².